The van der Waals surface area contributed by atoms with Gasteiger partial charge in [-0.2, -0.15) is 0 Å². The maximum absolute atomic E-state index is 13.5. The van der Waals surface area contributed by atoms with E-state index in [1.54, 1.807) is 36.4 Å². The Labute approximate surface area is 225 Å². The molecule has 1 heterocycles. The fraction of sp³-hybridized carbons (Fsp3) is 0.345. The molecule has 0 saturated carbocycles. The van der Waals surface area contributed by atoms with E-state index >= 15 is 0 Å². The summed E-state index contributed by atoms with van der Waals surface area (Å²) in [5.41, 5.74) is 3.30. The third-order valence-electron chi connectivity index (χ3n) is 6.85. The van der Waals surface area contributed by atoms with Crippen LogP contribution in [-0.4, -0.2) is 34.0 Å². The van der Waals surface area contributed by atoms with Crippen molar-refractivity contribution in [1.29, 1.82) is 0 Å². The molecule has 1 N–H and O–H groups in total. The van der Waals surface area contributed by atoms with Crippen LogP contribution in [0.2, 0.25) is 5.02 Å². The Morgan fingerprint density at radius 3 is 2.46 bits per heavy atom. The van der Waals surface area contributed by atoms with Crippen LogP contribution in [0, 0.1) is 12.8 Å². The number of carbonyl (C=O) groups excluding carboxylic acids is 1. The van der Waals surface area contributed by atoms with Gasteiger partial charge in [0.1, 0.15) is 6.54 Å². The van der Waals surface area contributed by atoms with Crippen molar-refractivity contribution in [2.24, 2.45) is 5.92 Å². The number of benzene rings is 3. The van der Waals surface area contributed by atoms with Gasteiger partial charge in [0, 0.05) is 23.8 Å². The molecule has 0 spiro atoms. The van der Waals surface area contributed by atoms with Gasteiger partial charge in [0.05, 0.1) is 16.6 Å². The lowest BCUT2D eigenvalue weighted by Crippen LogP contribution is -2.41. The number of hydrogen-bond donors (Lipinski definition) is 1. The summed E-state index contributed by atoms with van der Waals surface area (Å²) in [6.07, 6.45) is 2.47. The van der Waals surface area contributed by atoms with Gasteiger partial charge in [0.25, 0.3) is 10.0 Å². The average Bonchev–Trinajstić information content (AvgIpc) is 2.89. The molecular weight excluding hydrogens is 506 g/mol. The van der Waals surface area contributed by atoms with Crippen molar-refractivity contribution in [3.63, 3.8) is 0 Å². The zero-order chi connectivity index (χ0) is 26.6. The van der Waals surface area contributed by atoms with E-state index in [1.807, 2.05) is 26.0 Å². The van der Waals surface area contributed by atoms with Gasteiger partial charge in [-0.15, -0.1) is 0 Å². The molecule has 37 heavy (non-hydrogen) atoms. The summed E-state index contributed by atoms with van der Waals surface area (Å²) in [6, 6.07) is 21.0. The number of aryl methyl sites for hydroxylation is 1. The van der Waals surface area contributed by atoms with Gasteiger partial charge in [0.15, 0.2) is 0 Å². The molecule has 0 aliphatic carbocycles. The van der Waals surface area contributed by atoms with Crippen LogP contribution in [0.3, 0.4) is 0 Å². The van der Waals surface area contributed by atoms with Crippen molar-refractivity contribution < 1.29 is 13.2 Å². The van der Waals surface area contributed by atoms with Gasteiger partial charge in [-0.25, -0.2) is 8.42 Å². The van der Waals surface area contributed by atoms with E-state index in [4.69, 9.17) is 11.6 Å². The first-order valence-corrected chi connectivity index (χ1v) is 14.4. The Morgan fingerprint density at radius 2 is 1.81 bits per heavy atom. The summed E-state index contributed by atoms with van der Waals surface area (Å²) in [5.74, 6) is 0.280. The number of hydrogen-bond acceptors (Lipinski definition) is 4. The second kappa shape index (κ2) is 11.6. The normalized spacial score (nSPS) is 16.8. The highest BCUT2D eigenvalue weighted by atomic mass is 35.5. The zero-order valence-corrected chi connectivity index (χ0v) is 23.1. The molecule has 2 unspecified atom stereocenters. The number of nitrogens with one attached hydrogen (secondary N) is 1. The molecular formula is C29H34ClN3O3S. The smallest absolute Gasteiger partial charge is 0.264 e. The number of rotatable bonds is 8. The highest BCUT2D eigenvalue weighted by Gasteiger charge is 2.28. The lowest BCUT2D eigenvalue weighted by molar-refractivity contribution is -0.120. The summed E-state index contributed by atoms with van der Waals surface area (Å²) in [7, 11) is -3.99. The first kappa shape index (κ1) is 27.0. The Hall–Kier alpha value is -3.03. The number of halogens is 1. The fourth-order valence-corrected chi connectivity index (χ4v) is 6.28. The van der Waals surface area contributed by atoms with Crippen LogP contribution in [0.25, 0.3) is 0 Å². The minimum atomic E-state index is -3.99. The largest absolute Gasteiger partial charge is 0.371 e. The minimum absolute atomic E-state index is 0.107. The number of amides is 1. The number of sulfonamides is 1. The highest BCUT2D eigenvalue weighted by Crippen LogP contribution is 2.28. The lowest BCUT2D eigenvalue weighted by Gasteiger charge is -2.33. The van der Waals surface area contributed by atoms with E-state index in [0.29, 0.717) is 16.6 Å². The molecule has 4 rings (SSSR count). The summed E-state index contributed by atoms with van der Waals surface area (Å²) in [4.78, 5) is 15.6. The van der Waals surface area contributed by atoms with E-state index in [-0.39, 0.29) is 17.5 Å². The molecule has 0 aromatic heterocycles. The quantitative estimate of drug-likeness (QED) is 0.383. The molecule has 6 nitrogen and oxygen atoms in total. The molecule has 3 aromatic carbocycles. The lowest BCUT2D eigenvalue weighted by atomic mass is 9.99. The molecule has 3 aromatic rings. The molecule has 1 fully saturated rings. The summed E-state index contributed by atoms with van der Waals surface area (Å²) in [5, 5.41) is 3.39. The summed E-state index contributed by atoms with van der Waals surface area (Å²) in [6.45, 7) is 7.77. The topological polar surface area (TPSA) is 69.7 Å². The summed E-state index contributed by atoms with van der Waals surface area (Å²) < 4.78 is 28.2. The first-order chi connectivity index (χ1) is 17.6. The second-order valence-corrected chi connectivity index (χ2v) is 12.1. The maximum Gasteiger partial charge on any atom is 0.264 e. The standard InChI is InChI=1S/C29H34ClN3O3S/c1-21-8-7-17-32(19-21)25-15-12-24(13-16-25)23(3)31-29(34)20-33(26-14-11-22(2)28(30)18-26)37(35,36)27-9-5-4-6-10-27/h4-6,9-16,18,21,23H,7-8,17,19-20H2,1-3H3,(H,31,34). The van der Waals surface area contributed by atoms with Gasteiger partial charge in [-0.05, 0) is 80.1 Å². The monoisotopic (exact) mass is 539 g/mol. The Morgan fingerprint density at radius 1 is 1.11 bits per heavy atom. The molecule has 1 aliphatic rings. The molecule has 1 saturated heterocycles. The van der Waals surface area contributed by atoms with Gasteiger partial charge >= 0.3 is 0 Å². The van der Waals surface area contributed by atoms with Crippen molar-refractivity contribution in [3.8, 4) is 0 Å². The Bertz CT molecular complexity index is 1330. The highest BCUT2D eigenvalue weighted by molar-refractivity contribution is 7.92. The second-order valence-electron chi connectivity index (χ2n) is 9.83. The van der Waals surface area contributed by atoms with E-state index in [1.165, 1.54) is 30.7 Å². The van der Waals surface area contributed by atoms with Crippen LogP contribution in [0.5, 0.6) is 0 Å². The molecule has 1 amide bonds. The van der Waals surface area contributed by atoms with Crippen molar-refractivity contribution >= 4 is 38.9 Å². The van der Waals surface area contributed by atoms with E-state index in [0.717, 1.165) is 28.5 Å². The molecule has 1 aliphatic heterocycles. The third kappa shape index (κ3) is 6.46. The third-order valence-corrected chi connectivity index (χ3v) is 9.05. The van der Waals surface area contributed by atoms with Crippen molar-refractivity contribution in [2.45, 2.75) is 44.6 Å². The number of piperidine rings is 1. The van der Waals surface area contributed by atoms with Gasteiger partial charge in [0.2, 0.25) is 5.91 Å². The van der Waals surface area contributed by atoms with Gasteiger partial charge in [-0.1, -0.05) is 54.9 Å². The van der Waals surface area contributed by atoms with E-state index in [9.17, 15) is 13.2 Å². The predicted molar refractivity (Wildman–Crippen MR) is 151 cm³/mol. The van der Waals surface area contributed by atoms with Crippen LogP contribution < -0.4 is 14.5 Å². The van der Waals surface area contributed by atoms with Gasteiger partial charge < -0.3 is 10.2 Å². The SMILES string of the molecule is Cc1ccc(N(CC(=O)NC(C)c2ccc(N3CCCC(C)C3)cc2)S(=O)(=O)c2ccccc2)cc1Cl. The zero-order valence-electron chi connectivity index (χ0n) is 21.5. The van der Waals surface area contributed by atoms with Crippen LogP contribution >= 0.6 is 11.6 Å². The van der Waals surface area contributed by atoms with E-state index < -0.39 is 15.9 Å². The fourth-order valence-electron chi connectivity index (χ4n) is 4.67. The van der Waals surface area contributed by atoms with Crippen LogP contribution in [0.4, 0.5) is 11.4 Å². The van der Waals surface area contributed by atoms with E-state index in [2.05, 4.69) is 29.3 Å². The number of nitrogens with zero attached hydrogens (tertiary/aromatic N) is 2. The molecule has 0 radical (unpaired) electrons. The average molecular weight is 540 g/mol. The van der Waals surface area contributed by atoms with Crippen molar-refractivity contribution in [2.75, 3.05) is 28.8 Å². The molecule has 0 bridgehead atoms. The summed E-state index contributed by atoms with van der Waals surface area (Å²) >= 11 is 6.31. The van der Waals surface area contributed by atoms with Crippen LogP contribution in [-0.2, 0) is 14.8 Å². The van der Waals surface area contributed by atoms with Crippen molar-refractivity contribution in [1.82, 2.24) is 5.32 Å². The Balaban J connectivity index is 1.51. The molecule has 8 heteroatoms. The first-order valence-electron chi connectivity index (χ1n) is 12.6. The number of carbonyl (C=O) groups is 1. The Kier molecular flexibility index (Phi) is 8.45. The predicted octanol–water partition coefficient (Wildman–Crippen LogP) is 5.96. The number of anilines is 2. The molecule has 2 atom stereocenters. The van der Waals surface area contributed by atoms with Gasteiger partial charge in [-0.3, -0.25) is 9.10 Å². The van der Waals surface area contributed by atoms with Crippen LogP contribution in [0.15, 0.2) is 77.7 Å². The minimum Gasteiger partial charge on any atom is -0.371 e. The maximum atomic E-state index is 13.5. The van der Waals surface area contributed by atoms with Crippen LogP contribution in [0.1, 0.15) is 43.9 Å². The van der Waals surface area contributed by atoms with Crippen molar-refractivity contribution in [3.05, 3.63) is 88.9 Å². The molecule has 196 valence electrons.